The van der Waals surface area contributed by atoms with Gasteiger partial charge in [0.25, 0.3) is 0 Å². The summed E-state index contributed by atoms with van der Waals surface area (Å²) in [6.45, 7) is 0. The van der Waals surface area contributed by atoms with Gasteiger partial charge in [0, 0.05) is 56.1 Å². The molecule has 3 heterocycles. The maximum Gasteiger partial charge on any atom is 0.0620 e. The van der Waals surface area contributed by atoms with Gasteiger partial charge in [-0.25, -0.2) is 0 Å². The highest BCUT2D eigenvalue weighted by atomic mass is 15.0. The minimum absolute atomic E-state index is 1.12. The van der Waals surface area contributed by atoms with Crippen LogP contribution >= 0.6 is 0 Å². The first kappa shape index (κ1) is 16.0. The number of aromatic nitrogens is 2. The summed E-state index contributed by atoms with van der Waals surface area (Å²) in [7, 11) is 2.23. The van der Waals surface area contributed by atoms with Crippen molar-refractivity contribution >= 4 is 65.8 Å². The number of hydrogen-bond acceptors (Lipinski definition) is 0. The van der Waals surface area contributed by atoms with Gasteiger partial charge in [-0.2, -0.15) is 0 Å². The largest absolute Gasteiger partial charge is 0.347 e. The summed E-state index contributed by atoms with van der Waals surface area (Å²) in [4.78, 5) is 0. The molecular weight excluding hydrogens is 376 g/mol. The summed E-state index contributed by atoms with van der Waals surface area (Å²) in [6, 6.07) is 25.0. The Morgan fingerprint density at radius 2 is 1.45 bits per heavy atom. The molecular formula is C29H20N2. The van der Waals surface area contributed by atoms with Gasteiger partial charge < -0.3 is 8.97 Å². The summed E-state index contributed by atoms with van der Waals surface area (Å²) in [5, 5.41) is 9.40. The number of fused-ring (bicyclic) bond motifs is 11. The van der Waals surface area contributed by atoms with Gasteiger partial charge in [0.15, 0.2) is 0 Å². The number of para-hydroxylation sites is 2. The Balaban J connectivity index is 1.67. The second-order valence-electron chi connectivity index (χ2n) is 8.97. The van der Waals surface area contributed by atoms with E-state index in [9.17, 15) is 0 Å². The number of aryl methyl sites for hydroxylation is 1. The van der Waals surface area contributed by atoms with Crippen LogP contribution in [0.3, 0.4) is 0 Å². The van der Waals surface area contributed by atoms with Gasteiger partial charge in [-0.1, -0.05) is 60.7 Å². The van der Waals surface area contributed by atoms with Crippen LogP contribution in [0.2, 0.25) is 0 Å². The van der Waals surface area contributed by atoms with Gasteiger partial charge in [0.05, 0.1) is 16.6 Å². The molecule has 3 aromatic heterocycles. The maximum atomic E-state index is 2.51. The Morgan fingerprint density at radius 1 is 0.677 bits per heavy atom. The standard InChI is InChI=1S/C29H20N2/c1-30-25-11-4-2-8-19(25)24-15-17-13-14-22-21-10-6-9-20-18-7-3-5-12-26(18)31(28(20)21)29(22)23(17)16-27(24)30/h2-3,5-10,12-16H,4,11H2,1H3. The van der Waals surface area contributed by atoms with E-state index < -0.39 is 0 Å². The van der Waals surface area contributed by atoms with Gasteiger partial charge >= 0.3 is 0 Å². The molecule has 0 saturated heterocycles. The lowest BCUT2D eigenvalue weighted by Crippen LogP contribution is -1.99. The van der Waals surface area contributed by atoms with E-state index in [0.717, 1.165) is 12.8 Å². The van der Waals surface area contributed by atoms with Gasteiger partial charge in [0.2, 0.25) is 0 Å². The Morgan fingerprint density at radius 3 is 2.39 bits per heavy atom. The fraction of sp³-hybridized carbons (Fsp3) is 0.103. The summed E-state index contributed by atoms with van der Waals surface area (Å²) in [5.74, 6) is 0. The van der Waals surface area contributed by atoms with Gasteiger partial charge in [-0.15, -0.1) is 0 Å². The molecule has 1 aliphatic rings. The lowest BCUT2D eigenvalue weighted by atomic mass is 9.99. The Kier molecular flexibility index (Phi) is 2.72. The smallest absolute Gasteiger partial charge is 0.0620 e. The molecule has 146 valence electrons. The first-order chi connectivity index (χ1) is 15.3. The molecule has 31 heavy (non-hydrogen) atoms. The quantitative estimate of drug-likeness (QED) is 0.252. The molecule has 0 amide bonds. The zero-order valence-electron chi connectivity index (χ0n) is 17.3. The average molecular weight is 396 g/mol. The zero-order chi connectivity index (χ0) is 20.3. The third-order valence-electron chi connectivity index (χ3n) is 7.52. The summed E-state index contributed by atoms with van der Waals surface area (Å²) < 4.78 is 4.92. The monoisotopic (exact) mass is 396 g/mol. The molecule has 0 fully saturated rings. The molecule has 7 aromatic rings. The van der Waals surface area contributed by atoms with E-state index in [4.69, 9.17) is 0 Å². The lowest BCUT2D eigenvalue weighted by Gasteiger charge is -2.07. The van der Waals surface area contributed by atoms with Crippen molar-refractivity contribution in [1.82, 2.24) is 8.97 Å². The molecule has 2 nitrogen and oxygen atoms in total. The molecule has 0 N–H and O–H groups in total. The van der Waals surface area contributed by atoms with Crippen molar-refractivity contribution in [2.75, 3.05) is 0 Å². The first-order valence-electron chi connectivity index (χ1n) is 11.1. The Bertz CT molecular complexity index is 1890. The molecule has 0 radical (unpaired) electrons. The highest BCUT2D eigenvalue weighted by molar-refractivity contribution is 6.27. The predicted octanol–water partition coefficient (Wildman–Crippen LogP) is 7.44. The zero-order valence-corrected chi connectivity index (χ0v) is 17.3. The topological polar surface area (TPSA) is 9.34 Å². The van der Waals surface area contributed by atoms with Crippen LogP contribution in [0.5, 0.6) is 0 Å². The molecule has 4 aromatic carbocycles. The van der Waals surface area contributed by atoms with Crippen molar-refractivity contribution in [2.45, 2.75) is 12.8 Å². The van der Waals surface area contributed by atoms with E-state index in [1.165, 1.54) is 71.0 Å². The van der Waals surface area contributed by atoms with Crippen LogP contribution < -0.4 is 0 Å². The molecule has 0 aliphatic heterocycles. The van der Waals surface area contributed by atoms with Crippen molar-refractivity contribution in [1.29, 1.82) is 0 Å². The van der Waals surface area contributed by atoms with E-state index >= 15 is 0 Å². The van der Waals surface area contributed by atoms with E-state index in [0.29, 0.717) is 0 Å². The summed E-state index contributed by atoms with van der Waals surface area (Å²) in [6.07, 6.45) is 6.89. The predicted molar refractivity (Wildman–Crippen MR) is 132 cm³/mol. The van der Waals surface area contributed by atoms with Crippen LogP contribution in [0.25, 0.3) is 65.8 Å². The normalized spacial score (nSPS) is 14.2. The second-order valence-corrected chi connectivity index (χ2v) is 8.97. The maximum absolute atomic E-state index is 2.51. The fourth-order valence-corrected chi connectivity index (χ4v) is 6.16. The van der Waals surface area contributed by atoms with Gasteiger partial charge in [-0.3, -0.25) is 0 Å². The van der Waals surface area contributed by atoms with E-state index in [-0.39, 0.29) is 0 Å². The van der Waals surface area contributed by atoms with E-state index in [1.807, 2.05) is 0 Å². The molecule has 1 aliphatic carbocycles. The third kappa shape index (κ3) is 1.77. The van der Waals surface area contributed by atoms with Crippen molar-refractivity contribution in [3.63, 3.8) is 0 Å². The third-order valence-corrected chi connectivity index (χ3v) is 7.52. The SMILES string of the molecule is Cn1c2c(c3cc4ccc5c6cccc7c8ccccc8n(c5c4cc31)c76)C=CCC2. The lowest BCUT2D eigenvalue weighted by molar-refractivity contribution is 0.824. The van der Waals surface area contributed by atoms with Crippen LogP contribution in [-0.2, 0) is 13.5 Å². The minimum atomic E-state index is 1.12. The van der Waals surface area contributed by atoms with E-state index in [2.05, 4.69) is 94.9 Å². The Labute approximate surface area is 178 Å². The minimum Gasteiger partial charge on any atom is -0.347 e. The number of rotatable bonds is 0. The Hall–Kier alpha value is -3.78. The van der Waals surface area contributed by atoms with Crippen molar-refractivity contribution in [3.05, 3.63) is 84.1 Å². The summed E-state index contributed by atoms with van der Waals surface area (Å²) in [5.41, 5.74) is 8.18. The molecule has 8 rings (SSSR count). The molecule has 0 atom stereocenters. The number of allylic oxidation sites excluding steroid dienone is 1. The molecule has 0 spiro atoms. The van der Waals surface area contributed by atoms with Gasteiger partial charge in [0.1, 0.15) is 0 Å². The number of benzene rings is 4. The summed E-state index contributed by atoms with van der Waals surface area (Å²) >= 11 is 0. The van der Waals surface area contributed by atoms with Crippen molar-refractivity contribution in [3.8, 4) is 0 Å². The molecule has 0 bridgehead atoms. The van der Waals surface area contributed by atoms with Crippen LogP contribution in [0.15, 0.2) is 72.8 Å². The average Bonchev–Trinajstić information content (AvgIpc) is 3.43. The molecule has 2 heteroatoms. The number of nitrogens with zero attached hydrogens (tertiary/aromatic N) is 2. The highest BCUT2D eigenvalue weighted by Gasteiger charge is 2.20. The molecule has 0 unspecified atom stereocenters. The van der Waals surface area contributed by atoms with Crippen LogP contribution in [-0.4, -0.2) is 8.97 Å². The van der Waals surface area contributed by atoms with Crippen molar-refractivity contribution < 1.29 is 0 Å². The highest BCUT2D eigenvalue weighted by Crippen LogP contribution is 2.42. The van der Waals surface area contributed by atoms with Gasteiger partial charge in [-0.05, 0) is 36.4 Å². The molecule has 0 saturated carbocycles. The van der Waals surface area contributed by atoms with Crippen LogP contribution in [0, 0.1) is 0 Å². The van der Waals surface area contributed by atoms with Crippen LogP contribution in [0.4, 0.5) is 0 Å². The first-order valence-corrected chi connectivity index (χ1v) is 11.1. The second kappa shape index (κ2) is 5.28. The fourth-order valence-electron chi connectivity index (χ4n) is 6.16. The van der Waals surface area contributed by atoms with E-state index in [1.54, 1.807) is 0 Å². The van der Waals surface area contributed by atoms with Crippen molar-refractivity contribution in [2.24, 2.45) is 7.05 Å². The number of hydrogen-bond donors (Lipinski definition) is 0. The van der Waals surface area contributed by atoms with Crippen LogP contribution in [0.1, 0.15) is 17.7 Å².